The zero-order valence-corrected chi connectivity index (χ0v) is 23.0. The minimum absolute atomic E-state index is 0.0118. The third-order valence-corrected chi connectivity index (χ3v) is 10.2. The maximum atomic E-state index is 15.5. The molecular weight excluding hydrogens is 509 g/mol. The number of oxime groups is 2. The molecule has 1 heterocycles. The minimum atomic E-state index is -1.26. The second-order valence-electron chi connectivity index (χ2n) is 12.2. The molecule has 0 aromatic rings. The molecule has 1 unspecified atom stereocenters. The number of hydrogen-bond acceptors (Lipinski definition) is 8. The van der Waals surface area contributed by atoms with Gasteiger partial charge in [-0.05, 0) is 73.7 Å². The van der Waals surface area contributed by atoms with Gasteiger partial charge in [-0.1, -0.05) is 24.2 Å². The highest BCUT2D eigenvalue weighted by atomic mass is 19.1. The van der Waals surface area contributed by atoms with E-state index < -0.39 is 18.1 Å². The predicted molar refractivity (Wildman–Crippen MR) is 142 cm³/mol. The average molecular weight is 552 g/mol. The topological polar surface area (TPSA) is 150 Å². The molecule has 0 amide bonds. The van der Waals surface area contributed by atoms with Crippen LogP contribution in [0.2, 0.25) is 0 Å². The van der Waals surface area contributed by atoms with Crippen LogP contribution in [0.4, 0.5) is 4.39 Å². The van der Waals surface area contributed by atoms with Crippen LogP contribution in [-0.2, 0) is 19.3 Å². The maximum absolute atomic E-state index is 15.5. The number of fused-ring (bicyclic) bond motifs is 5. The summed E-state index contributed by atoms with van der Waals surface area (Å²) in [6.07, 6.45) is 6.77. The number of carboxylic acids is 2. The van der Waals surface area contributed by atoms with Gasteiger partial charge >= 0.3 is 11.9 Å². The second kappa shape index (κ2) is 11.9. The van der Waals surface area contributed by atoms with E-state index in [0.717, 1.165) is 57.3 Å². The zero-order chi connectivity index (χ0) is 28.4. The Hall–Kier alpha value is -2.53. The molecule has 0 spiro atoms. The molecule has 4 aliphatic carbocycles. The van der Waals surface area contributed by atoms with Crippen molar-refractivity contribution < 1.29 is 39.0 Å². The largest absolute Gasteiger partial charge is 0.478 e. The Kier molecular flexibility index (Phi) is 9.00. The lowest BCUT2D eigenvalue weighted by Gasteiger charge is -2.60. The molecule has 10 nitrogen and oxygen atoms in total. The van der Waals surface area contributed by atoms with Gasteiger partial charge in [0.1, 0.15) is 19.4 Å². The molecule has 0 bridgehead atoms. The van der Waals surface area contributed by atoms with Gasteiger partial charge < -0.3 is 30.3 Å². The molecule has 218 valence electrons. The van der Waals surface area contributed by atoms with Crippen LogP contribution < -0.4 is 5.32 Å². The standard InChI is InChI=1S/C24H38FN3O3.C4H4O4/c1-23-8-6-17-15(16(23)4-5-22(23)29)10-20(27-30-3)18-11-21(19(25)12-24(17,18)2)28-31-14-7-9-26-13-14;5-3(6)1-2-4(7)8/h14-19,22,26,29H,4-13H2,1-3H3;1-2H,(H,5,6)(H,7,8)/b27-20+,28-21?;/t14-,15+,16+,17+,18?,19-,22+,23+,24-;/m1./s1. The Balaban J connectivity index is 0.000000386. The van der Waals surface area contributed by atoms with E-state index in [1.807, 2.05) is 0 Å². The fraction of sp³-hybridized carbons (Fsp3) is 0.786. The van der Waals surface area contributed by atoms with Gasteiger partial charge in [0.05, 0.1) is 17.5 Å². The van der Waals surface area contributed by atoms with Crippen LogP contribution in [0, 0.1) is 34.5 Å². The highest BCUT2D eigenvalue weighted by Crippen LogP contribution is 2.65. The molecule has 4 saturated carbocycles. The Labute approximate surface area is 228 Å². The average Bonchev–Trinajstić information content (AvgIpc) is 3.50. The van der Waals surface area contributed by atoms with Crippen LogP contribution in [0.5, 0.6) is 0 Å². The second-order valence-corrected chi connectivity index (χ2v) is 12.2. The van der Waals surface area contributed by atoms with E-state index in [9.17, 15) is 14.7 Å². The van der Waals surface area contributed by atoms with E-state index in [1.54, 1.807) is 7.11 Å². The first kappa shape index (κ1) is 29.5. The highest BCUT2D eigenvalue weighted by molar-refractivity contribution is 5.97. The smallest absolute Gasteiger partial charge is 0.328 e. The fourth-order valence-electron chi connectivity index (χ4n) is 8.19. The van der Waals surface area contributed by atoms with Crippen molar-refractivity contribution in [2.24, 2.45) is 44.8 Å². The number of carboxylic acid groups (broad SMARTS) is 2. The fourth-order valence-corrected chi connectivity index (χ4v) is 8.19. The van der Waals surface area contributed by atoms with Crippen molar-refractivity contribution in [2.75, 3.05) is 20.2 Å². The van der Waals surface area contributed by atoms with Gasteiger partial charge in [0.2, 0.25) is 0 Å². The van der Waals surface area contributed by atoms with Crippen molar-refractivity contribution in [1.82, 2.24) is 5.32 Å². The lowest BCUT2D eigenvalue weighted by atomic mass is 9.44. The summed E-state index contributed by atoms with van der Waals surface area (Å²) in [5, 5.41) is 38.4. The molecule has 1 aliphatic heterocycles. The molecule has 5 fully saturated rings. The summed E-state index contributed by atoms with van der Waals surface area (Å²) >= 11 is 0. The first-order chi connectivity index (χ1) is 18.5. The van der Waals surface area contributed by atoms with Crippen molar-refractivity contribution >= 4 is 23.4 Å². The van der Waals surface area contributed by atoms with Gasteiger partial charge in [-0.15, -0.1) is 0 Å². The molecule has 39 heavy (non-hydrogen) atoms. The molecule has 0 aromatic carbocycles. The molecule has 5 aliphatic rings. The third-order valence-electron chi connectivity index (χ3n) is 10.2. The lowest BCUT2D eigenvalue weighted by molar-refractivity contribution is -0.134. The first-order valence-corrected chi connectivity index (χ1v) is 14.0. The van der Waals surface area contributed by atoms with Crippen molar-refractivity contribution in [2.45, 2.75) is 83.6 Å². The normalized spacial score (nSPS) is 43.3. The number of alkyl halides is 1. The Morgan fingerprint density at radius 1 is 1.00 bits per heavy atom. The number of aliphatic hydroxyl groups is 1. The van der Waals surface area contributed by atoms with Gasteiger partial charge in [-0.3, -0.25) is 0 Å². The predicted octanol–water partition coefficient (Wildman–Crippen LogP) is 3.40. The molecule has 1 saturated heterocycles. The number of rotatable bonds is 5. The highest BCUT2D eigenvalue weighted by Gasteiger charge is 2.62. The van der Waals surface area contributed by atoms with E-state index in [4.69, 9.17) is 19.9 Å². The number of aliphatic carboxylic acids is 2. The zero-order valence-electron chi connectivity index (χ0n) is 23.0. The monoisotopic (exact) mass is 551 g/mol. The van der Waals surface area contributed by atoms with Crippen LogP contribution in [0.25, 0.3) is 0 Å². The summed E-state index contributed by atoms with van der Waals surface area (Å²) in [5.74, 6) is -0.998. The van der Waals surface area contributed by atoms with Crippen molar-refractivity contribution in [1.29, 1.82) is 0 Å². The third kappa shape index (κ3) is 5.99. The van der Waals surface area contributed by atoms with Crippen molar-refractivity contribution in [3.8, 4) is 0 Å². The molecule has 9 atom stereocenters. The Morgan fingerprint density at radius 3 is 2.31 bits per heavy atom. The summed E-state index contributed by atoms with van der Waals surface area (Å²) in [4.78, 5) is 30.1. The summed E-state index contributed by atoms with van der Waals surface area (Å²) in [6, 6.07) is 0. The van der Waals surface area contributed by atoms with E-state index in [2.05, 4.69) is 29.5 Å². The quantitative estimate of drug-likeness (QED) is 0.300. The van der Waals surface area contributed by atoms with E-state index in [-0.39, 0.29) is 29.0 Å². The number of nitrogens with one attached hydrogen (secondary N) is 1. The van der Waals surface area contributed by atoms with Crippen LogP contribution >= 0.6 is 0 Å². The van der Waals surface area contributed by atoms with Gasteiger partial charge in [-0.25, -0.2) is 14.0 Å². The van der Waals surface area contributed by atoms with Crippen LogP contribution in [0.1, 0.15) is 65.2 Å². The van der Waals surface area contributed by atoms with Gasteiger partial charge in [0.25, 0.3) is 0 Å². The summed E-state index contributed by atoms with van der Waals surface area (Å²) in [7, 11) is 1.60. The van der Waals surface area contributed by atoms with Gasteiger partial charge in [0, 0.05) is 37.5 Å². The van der Waals surface area contributed by atoms with Crippen molar-refractivity contribution in [3.05, 3.63) is 12.2 Å². The molecule has 0 radical (unpaired) electrons. The summed E-state index contributed by atoms with van der Waals surface area (Å²) < 4.78 is 15.5. The van der Waals surface area contributed by atoms with E-state index >= 15 is 4.39 Å². The minimum Gasteiger partial charge on any atom is -0.478 e. The van der Waals surface area contributed by atoms with Crippen molar-refractivity contribution in [3.63, 3.8) is 0 Å². The van der Waals surface area contributed by atoms with Gasteiger partial charge in [-0.2, -0.15) is 0 Å². The number of carbonyl (C=O) groups is 2. The SMILES string of the molecule is CO/N=C1\C[C@H]2[C@@H]3CC[C@H](O)[C@@]3(C)CC[C@@H]2[C@@]2(C)C[C@@H](F)C(=NO[C@@H]3CCNC3)CC12.O=C(O)C=CC(=O)O. The lowest BCUT2D eigenvalue weighted by Crippen LogP contribution is -2.58. The van der Waals surface area contributed by atoms with Crippen LogP contribution in [0.3, 0.4) is 0 Å². The molecule has 4 N–H and O–H groups in total. The summed E-state index contributed by atoms with van der Waals surface area (Å²) in [6.45, 7) is 6.25. The molecule has 11 heteroatoms. The number of aliphatic hydroxyl groups excluding tert-OH is 1. The van der Waals surface area contributed by atoms with Gasteiger partial charge in [0.15, 0.2) is 0 Å². The number of halogens is 1. The molecule has 0 aromatic heterocycles. The number of hydrogen-bond donors (Lipinski definition) is 4. The van der Waals surface area contributed by atoms with E-state index in [0.29, 0.717) is 48.5 Å². The maximum Gasteiger partial charge on any atom is 0.328 e. The van der Waals surface area contributed by atoms with Crippen LogP contribution in [0.15, 0.2) is 22.5 Å². The molecular formula is C28H42FN3O7. The Morgan fingerprint density at radius 2 is 1.69 bits per heavy atom. The molecule has 5 rings (SSSR count). The summed E-state index contributed by atoms with van der Waals surface area (Å²) in [5.41, 5.74) is 1.41. The van der Waals surface area contributed by atoms with Crippen LogP contribution in [-0.4, -0.2) is 77.3 Å². The number of nitrogens with zero attached hydrogens (tertiary/aromatic N) is 2. The van der Waals surface area contributed by atoms with E-state index in [1.165, 1.54) is 0 Å². The Bertz CT molecular complexity index is 997. The first-order valence-electron chi connectivity index (χ1n) is 14.0.